The van der Waals surface area contributed by atoms with E-state index in [4.69, 9.17) is 0 Å². The second-order valence-corrected chi connectivity index (χ2v) is 4.92. The lowest BCUT2D eigenvalue weighted by molar-refractivity contribution is 0.102. The number of phenolic OH excluding ortho intramolecular Hbond substituents is 1. The van der Waals surface area contributed by atoms with Crippen molar-refractivity contribution in [3.63, 3.8) is 0 Å². The van der Waals surface area contributed by atoms with E-state index in [9.17, 15) is 9.90 Å². The first-order valence-corrected chi connectivity index (χ1v) is 6.99. The fourth-order valence-corrected chi connectivity index (χ4v) is 2.24. The van der Waals surface area contributed by atoms with E-state index in [1.165, 1.54) is 6.07 Å². The Morgan fingerprint density at radius 3 is 2.23 bits per heavy atom. The summed E-state index contributed by atoms with van der Waals surface area (Å²) < 4.78 is 0. The van der Waals surface area contributed by atoms with Crippen LogP contribution in [0.25, 0.3) is 11.1 Å². The largest absolute Gasteiger partial charge is 0.506 e. The van der Waals surface area contributed by atoms with Crippen molar-refractivity contribution in [3.05, 3.63) is 84.4 Å². The molecule has 3 rings (SSSR count). The molecule has 0 saturated carbocycles. The number of anilines is 1. The number of nitrogens with one attached hydrogen (secondary N) is 1. The molecule has 0 unspecified atom stereocenters. The molecule has 0 heterocycles. The monoisotopic (exact) mass is 289 g/mol. The zero-order valence-corrected chi connectivity index (χ0v) is 11.9. The average molecular weight is 289 g/mol. The minimum atomic E-state index is -0.251. The van der Waals surface area contributed by atoms with Crippen molar-refractivity contribution in [2.24, 2.45) is 0 Å². The summed E-state index contributed by atoms with van der Waals surface area (Å²) in [5.41, 5.74) is 2.98. The predicted molar refractivity (Wildman–Crippen MR) is 87.9 cm³/mol. The summed E-state index contributed by atoms with van der Waals surface area (Å²) in [6.07, 6.45) is 0. The molecule has 3 heteroatoms. The van der Waals surface area contributed by atoms with E-state index < -0.39 is 0 Å². The maximum absolute atomic E-state index is 12.3. The van der Waals surface area contributed by atoms with Gasteiger partial charge in [0.05, 0.1) is 5.69 Å². The minimum absolute atomic E-state index is 0.0510. The van der Waals surface area contributed by atoms with Crippen LogP contribution < -0.4 is 5.32 Å². The number of benzene rings is 3. The maximum Gasteiger partial charge on any atom is 0.255 e. The fourth-order valence-electron chi connectivity index (χ4n) is 2.24. The Morgan fingerprint density at radius 1 is 0.773 bits per heavy atom. The van der Waals surface area contributed by atoms with E-state index in [2.05, 4.69) is 5.32 Å². The van der Waals surface area contributed by atoms with Gasteiger partial charge in [-0.3, -0.25) is 4.79 Å². The Kier molecular flexibility index (Phi) is 3.88. The SMILES string of the molecule is O=C(Nc1ccccc1O)c1cccc(-c2ccccc2)c1. The number of carbonyl (C=O) groups excluding carboxylic acids is 1. The number of para-hydroxylation sites is 2. The van der Waals surface area contributed by atoms with Crippen LogP contribution in [-0.4, -0.2) is 11.0 Å². The van der Waals surface area contributed by atoms with Crippen molar-refractivity contribution in [1.29, 1.82) is 0 Å². The lowest BCUT2D eigenvalue weighted by Crippen LogP contribution is -2.11. The maximum atomic E-state index is 12.3. The van der Waals surface area contributed by atoms with Gasteiger partial charge in [-0.25, -0.2) is 0 Å². The third-order valence-corrected chi connectivity index (χ3v) is 3.38. The molecule has 3 nitrogen and oxygen atoms in total. The number of rotatable bonds is 3. The van der Waals surface area contributed by atoms with Crippen LogP contribution in [0.1, 0.15) is 10.4 Å². The van der Waals surface area contributed by atoms with Crippen LogP contribution in [0.3, 0.4) is 0 Å². The molecule has 0 aromatic heterocycles. The number of phenols is 1. The van der Waals surface area contributed by atoms with Gasteiger partial charge in [0, 0.05) is 5.56 Å². The topological polar surface area (TPSA) is 49.3 Å². The molecule has 0 fully saturated rings. The summed E-state index contributed by atoms with van der Waals surface area (Å²) in [6, 6.07) is 24.0. The molecule has 1 amide bonds. The molecular weight excluding hydrogens is 274 g/mol. The summed E-state index contributed by atoms with van der Waals surface area (Å²) in [5, 5.41) is 12.4. The molecule has 22 heavy (non-hydrogen) atoms. The Morgan fingerprint density at radius 2 is 1.45 bits per heavy atom. The number of aromatic hydroxyl groups is 1. The molecule has 3 aromatic rings. The van der Waals surface area contributed by atoms with Crippen LogP contribution in [0.4, 0.5) is 5.69 Å². The van der Waals surface area contributed by atoms with Crippen molar-refractivity contribution in [2.45, 2.75) is 0 Å². The molecule has 3 aromatic carbocycles. The lowest BCUT2D eigenvalue weighted by Gasteiger charge is -2.08. The van der Waals surface area contributed by atoms with Crippen molar-refractivity contribution in [3.8, 4) is 16.9 Å². The first kappa shape index (κ1) is 13.9. The van der Waals surface area contributed by atoms with Gasteiger partial charge in [-0.05, 0) is 35.4 Å². The highest BCUT2D eigenvalue weighted by molar-refractivity contribution is 6.05. The Labute approximate surface area is 128 Å². The van der Waals surface area contributed by atoms with Crippen LogP contribution in [0.5, 0.6) is 5.75 Å². The van der Waals surface area contributed by atoms with Gasteiger partial charge in [0.2, 0.25) is 0 Å². The van der Waals surface area contributed by atoms with Gasteiger partial charge in [0.1, 0.15) is 5.75 Å². The number of hydrogen-bond acceptors (Lipinski definition) is 2. The molecule has 0 bridgehead atoms. The second-order valence-electron chi connectivity index (χ2n) is 4.92. The van der Waals surface area contributed by atoms with Gasteiger partial charge in [0.25, 0.3) is 5.91 Å². The molecule has 0 radical (unpaired) electrons. The molecule has 0 aliphatic rings. The Hall–Kier alpha value is -3.07. The third-order valence-electron chi connectivity index (χ3n) is 3.38. The van der Waals surface area contributed by atoms with Crippen LogP contribution in [0.2, 0.25) is 0 Å². The third kappa shape index (κ3) is 2.99. The molecule has 2 N–H and O–H groups in total. The first-order valence-electron chi connectivity index (χ1n) is 6.99. The molecular formula is C19H15NO2. The summed E-state index contributed by atoms with van der Waals surface area (Å²) in [7, 11) is 0. The summed E-state index contributed by atoms with van der Waals surface area (Å²) in [4.78, 5) is 12.3. The first-order chi connectivity index (χ1) is 10.7. The van der Waals surface area contributed by atoms with Crippen molar-refractivity contribution in [2.75, 3.05) is 5.32 Å². The van der Waals surface area contributed by atoms with Gasteiger partial charge < -0.3 is 10.4 Å². The predicted octanol–water partition coefficient (Wildman–Crippen LogP) is 4.31. The van der Waals surface area contributed by atoms with Gasteiger partial charge in [-0.1, -0.05) is 54.6 Å². The zero-order valence-electron chi connectivity index (χ0n) is 11.9. The van der Waals surface area contributed by atoms with Gasteiger partial charge >= 0.3 is 0 Å². The standard InChI is InChI=1S/C19H15NO2/c21-18-12-5-4-11-17(18)20-19(22)16-10-6-9-15(13-16)14-7-2-1-3-8-14/h1-13,21H,(H,20,22). The van der Waals surface area contributed by atoms with E-state index >= 15 is 0 Å². The van der Waals surface area contributed by atoms with E-state index in [0.717, 1.165) is 11.1 Å². The molecule has 0 aliphatic carbocycles. The number of amides is 1. The van der Waals surface area contributed by atoms with Crippen LogP contribution >= 0.6 is 0 Å². The minimum Gasteiger partial charge on any atom is -0.506 e. The molecule has 0 spiro atoms. The highest BCUT2D eigenvalue weighted by Crippen LogP contribution is 2.24. The van der Waals surface area contributed by atoms with Crippen molar-refractivity contribution >= 4 is 11.6 Å². The average Bonchev–Trinajstić information content (AvgIpc) is 2.58. The second kappa shape index (κ2) is 6.14. The van der Waals surface area contributed by atoms with E-state index in [1.807, 2.05) is 48.5 Å². The Balaban J connectivity index is 1.86. The van der Waals surface area contributed by atoms with E-state index in [-0.39, 0.29) is 11.7 Å². The van der Waals surface area contributed by atoms with E-state index in [0.29, 0.717) is 11.3 Å². The summed E-state index contributed by atoms with van der Waals surface area (Å²) in [5.74, 6) is -0.200. The lowest BCUT2D eigenvalue weighted by atomic mass is 10.0. The number of hydrogen-bond donors (Lipinski definition) is 2. The fraction of sp³-hybridized carbons (Fsp3) is 0. The zero-order chi connectivity index (χ0) is 15.4. The molecule has 0 saturated heterocycles. The number of carbonyl (C=O) groups is 1. The van der Waals surface area contributed by atoms with Crippen LogP contribution in [0, 0.1) is 0 Å². The molecule has 0 aliphatic heterocycles. The van der Waals surface area contributed by atoms with Crippen molar-refractivity contribution < 1.29 is 9.90 Å². The highest BCUT2D eigenvalue weighted by atomic mass is 16.3. The highest BCUT2D eigenvalue weighted by Gasteiger charge is 2.09. The van der Waals surface area contributed by atoms with Crippen molar-refractivity contribution in [1.82, 2.24) is 0 Å². The molecule has 0 atom stereocenters. The van der Waals surface area contributed by atoms with E-state index in [1.54, 1.807) is 24.3 Å². The molecule has 108 valence electrons. The summed E-state index contributed by atoms with van der Waals surface area (Å²) >= 11 is 0. The van der Waals surface area contributed by atoms with Gasteiger partial charge in [-0.2, -0.15) is 0 Å². The smallest absolute Gasteiger partial charge is 0.255 e. The summed E-state index contributed by atoms with van der Waals surface area (Å²) in [6.45, 7) is 0. The van der Waals surface area contributed by atoms with Crippen LogP contribution in [0.15, 0.2) is 78.9 Å². The normalized spacial score (nSPS) is 10.2. The Bertz CT molecular complexity index is 797. The van der Waals surface area contributed by atoms with Gasteiger partial charge in [0.15, 0.2) is 0 Å². The van der Waals surface area contributed by atoms with Crippen LogP contribution in [-0.2, 0) is 0 Å². The van der Waals surface area contributed by atoms with Gasteiger partial charge in [-0.15, -0.1) is 0 Å². The quantitative estimate of drug-likeness (QED) is 0.706.